The molecule has 0 aliphatic heterocycles. The molecule has 2 aromatic heterocycles. The molecule has 0 aliphatic rings. The van der Waals surface area contributed by atoms with Crippen LogP contribution in [0.25, 0.3) is 0 Å². The van der Waals surface area contributed by atoms with E-state index in [-0.39, 0.29) is 5.91 Å². The summed E-state index contributed by atoms with van der Waals surface area (Å²) < 4.78 is 0. The van der Waals surface area contributed by atoms with Gasteiger partial charge in [0.1, 0.15) is 5.69 Å². The van der Waals surface area contributed by atoms with Gasteiger partial charge in [-0.2, -0.15) is 0 Å². The van der Waals surface area contributed by atoms with Crippen molar-refractivity contribution < 1.29 is 4.79 Å². The van der Waals surface area contributed by atoms with Gasteiger partial charge < -0.3 is 0 Å². The third-order valence-electron chi connectivity index (χ3n) is 2.96. The number of thiophene rings is 1. The van der Waals surface area contributed by atoms with Crippen molar-refractivity contribution in [1.29, 1.82) is 0 Å². The van der Waals surface area contributed by atoms with Crippen molar-refractivity contribution in [3.05, 3.63) is 52.0 Å². The molecule has 5 nitrogen and oxygen atoms in total. The Kier molecular flexibility index (Phi) is 5.23. The van der Waals surface area contributed by atoms with Crippen molar-refractivity contribution >= 4 is 17.2 Å². The second-order valence-corrected chi connectivity index (χ2v) is 5.40. The second-order valence-electron chi connectivity index (χ2n) is 4.37. The van der Waals surface area contributed by atoms with E-state index >= 15 is 0 Å². The molecule has 2 aromatic rings. The molecule has 106 valence electrons. The normalized spacial score (nSPS) is 10.8. The van der Waals surface area contributed by atoms with Crippen LogP contribution in [0.3, 0.4) is 0 Å². The van der Waals surface area contributed by atoms with Crippen LogP contribution in [0.5, 0.6) is 0 Å². The number of nitrogens with zero attached hydrogens (tertiary/aromatic N) is 2. The molecular weight excluding hydrogens is 272 g/mol. The van der Waals surface area contributed by atoms with Gasteiger partial charge in [0.05, 0.1) is 5.69 Å². The summed E-state index contributed by atoms with van der Waals surface area (Å²) in [6, 6.07) is 9.58. The Bertz CT molecular complexity index is 556. The Labute approximate surface area is 122 Å². The SMILES string of the molecule is CCN(Cc1cccc(C(=O)NN)n1)Cc1cccs1. The average Bonchev–Trinajstić information content (AvgIpc) is 2.99. The molecular formula is C14H18N4OS. The van der Waals surface area contributed by atoms with Gasteiger partial charge in [0.15, 0.2) is 0 Å². The number of amides is 1. The summed E-state index contributed by atoms with van der Waals surface area (Å²) >= 11 is 1.75. The monoisotopic (exact) mass is 290 g/mol. The molecule has 0 atom stereocenters. The molecule has 0 aliphatic carbocycles. The number of carbonyl (C=O) groups is 1. The number of nitrogens with two attached hydrogens (primary N) is 1. The molecule has 0 radical (unpaired) electrons. The number of hydrazine groups is 1. The lowest BCUT2D eigenvalue weighted by Gasteiger charge is -2.19. The van der Waals surface area contributed by atoms with Crippen molar-refractivity contribution in [3.8, 4) is 0 Å². The van der Waals surface area contributed by atoms with E-state index in [2.05, 4.69) is 39.7 Å². The standard InChI is InChI=1S/C14H18N4OS/c1-2-18(10-12-6-4-8-20-12)9-11-5-3-7-13(16-11)14(19)17-15/h3-8H,2,9-10,15H2,1H3,(H,17,19). The summed E-state index contributed by atoms with van der Waals surface area (Å²) in [5.41, 5.74) is 3.31. The third-order valence-corrected chi connectivity index (χ3v) is 3.82. The van der Waals surface area contributed by atoms with Gasteiger partial charge in [0, 0.05) is 18.0 Å². The maximum atomic E-state index is 11.5. The van der Waals surface area contributed by atoms with Crippen molar-refractivity contribution in [2.24, 2.45) is 5.84 Å². The first kappa shape index (κ1) is 14.6. The quantitative estimate of drug-likeness (QED) is 0.483. The van der Waals surface area contributed by atoms with E-state index in [1.807, 2.05) is 12.1 Å². The van der Waals surface area contributed by atoms with Crippen LogP contribution in [0.15, 0.2) is 35.7 Å². The number of rotatable bonds is 6. The highest BCUT2D eigenvalue weighted by molar-refractivity contribution is 7.09. The lowest BCUT2D eigenvalue weighted by Crippen LogP contribution is -2.31. The zero-order valence-corrected chi connectivity index (χ0v) is 12.2. The molecule has 0 unspecified atom stereocenters. The van der Waals surface area contributed by atoms with Gasteiger partial charge in [-0.05, 0) is 30.1 Å². The molecule has 0 saturated heterocycles. The fourth-order valence-corrected chi connectivity index (χ4v) is 2.65. The highest BCUT2D eigenvalue weighted by Crippen LogP contribution is 2.13. The zero-order valence-electron chi connectivity index (χ0n) is 11.4. The number of aromatic nitrogens is 1. The molecule has 2 rings (SSSR count). The van der Waals surface area contributed by atoms with Crippen LogP contribution in [0.1, 0.15) is 28.0 Å². The van der Waals surface area contributed by atoms with Crippen molar-refractivity contribution in [2.45, 2.75) is 20.0 Å². The highest BCUT2D eigenvalue weighted by Gasteiger charge is 2.09. The van der Waals surface area contributed by atoms with E-state index in [0.29, 0.717) is 12.2 Å². The lowest BCUT2D eigenvalue weighted by molar-refractivity contribution is 0.0948. The fraction of sp³-hybridized carbons (Fsp3) is 0.286. The number of pyridine rings is 1. The number of hydrogen-bond donors (Lipinski definition) is 2. The van der Waals surface area contributed by atoms with E-state index < -0.39 is 0 Å². The molecule has 20 heavy (non-hydrogen) atoms. The summed E-state index contributed by atoms with van der Waals surface area (Å²) in [5, 5.41) is 2.08. The highest BCUT2D eigenvalue weighted by atomic mass is 32.1. The predicted molar refractivity (Wildman–Crippen MR) is 80.0 cm³/mol. The van der Waals surface area contributed by atoms with Gasteiger partial charge in [0.2, 0.25) is 0 Å². The summed E-state index contributed by atoms with van der Waals surface area (Å²) in [6.07, 6.45) is 0. The van der Waals surface area contributed by atoms with Gasteiger partial charge in [-0.3, -0.25) is 15.1 Å². The Morgan fingerprint density at radius 3 is 2.85 bits per heavy atom. The van der Waals surface area contributed by atoms with Crippen LogP contribution in [0.4, 0.5) is 0 Å². The molecule has 0 fully saturated rings. The summed E-state index contributed by atoms with van der Waals surface area (Å²) in [5.74, 6) is 4.76. The largest absolute Gasteiger partial charge is 0.293 e. The fourth-order valence-electron chi connectivity index (χ4n) is 1.90. The summed E-state index contributed by atoms with van der Waals surface area (Å²) in [7, 11) is 0. The van der Waals surface area contributed by atoms with Gasteiger partial charge in [0.25, 0.3) is 5.91 Å². The molecule has 2 heterocycles. The second kappa shape index (κ2) is 7.14. The molecule has 1 amide bonds. The van der Waals surface area contributed by atoms with E-state index in [1.165, 1.54) is 4.88 Å². The molecule has 0 spiro atoms. The van der Waals surface area contributed by atoms with E-state index in [1.54, 1.807) is 17.4 Å². The number of nitrogens with one attached hydrogen (secondary N) is 1. The van der Waals surface area contributed by atoms with Crippen LogP contribution in [0.2, 0.25) is 0 Å². The summed E-state index contributed by atoms with van der Waals surface area (Å²) in [6.45, 7) is 4.64. The van der Waals surface area contributed by atoms with Crippen LogP contribution in [-0.4, -0.2) is 22.3 Å². The first-order chi connectivity index (χ1) is 9.72. The molecule has 6 heteroatoms. The maximum absolute atomic E-state index is 11.5. The average molecular weight is 290 g/mol. The van der Waals surface area contributed by atoms with E-state index in [9.17, 15) is 4.79 Å². The smallest absolute Gasteiger partial charge is 0.283 e. The van der Waals surface area contributed by atoms with Crippen LogP contribution in [-0.2, 0) is 13.1 Å². The minimum atomic E-state index is -0.367. The van der Waals surface area contributed by atoms with Crippen molar-refractivity contribution in [1.82, 2.24) is 15.3 Å². The minimum absolute atomic E-state index is 0.345. The van der Waals surface area contributed by atoms with Crippen molar-refractivity contribution in [3.63, 3.8) is 0 Å². The minimum Gasteiger partial charge on any atom is -0.293 e. The van der Waals surface area contributed by atoms with E-state index in [0.717, 1.165) is 18.8 Å². The molecule has 0 saturated carbocycles. The maximum Gasteiger partial charge on any atom is 0.283 e. The van der Waals surface area contributed by atoms with Gasteiger partial charge in [-0.1, -0.05) is 19.1 Å². The predicted octanol–water partition coefficient (Wildman–Crippen LogP) is 1.77. The Morgan fingerprint density at radius 2 is 2.20 bits per heavy atom. The number of nitrogen functional groups attached to an aromatic ring is 1. The zero-order chi connectivity index (χ0) is 14.4. The van der Waals surface area contributed by atoms with Gasteiger partial charge >= 0.3 is 0 Å². The first-order valence-corrected chi connectivity index (χ1v) is 7.32. The summed E-state index contributed by atoms with van der Waals surface area (Å²) in [4.78, 5) is 19.4. The van der Waals surface area contributed by atoms with E-state index in [4.69, 9.17) is 5.84 Å². The number of hydrogen-bond acceptors (Lipinski definition) is 5. The van der Waals surface area contributed by atoms with Crippen LogP contribution >= 0.6 is 11.3 Å². The molecule has 0 aromatic carbocycles. The Balaban J connectivity index is 2.05. The Morgan fingerprint density at radius 1 is 1.35 bits per heavy atom. The van der Waals surface area contributed by atoms with Gasteiger partial charge in [-0.25, -0.2) is 10.8 Å². The third kappa shape index (κ3) is 3.86. The van der Waals surface area contributed by atoms with Crippen LogP contribution < -0.4 is 11.3 Å². The van der Waals surface area contributed by atoms with Gasteiger partial charge in [-0.15, -0.1) is 11.3 Å². The first-order valence-electron chi connectivity index (χ1n) is 6.44. The number of carbonyl (C=O) groups excluding carboxylic acids is 1. The van der Waals surface area contributed by atoms with Crippen LogP contribution in [0, 0.1) is 0 Å². The lowest BCUT2D eigenvalue weighted by atomic mass is 10.2. The Hall–Kier alpha value is -1.76. The topological polar surface area (TPSA) is 71.2 Å². The van der Waals surface area contributed by atoms with Crippen molar-refractivity contribution in [2.75, 3.05) is 6.54 Å². The molecule has 3 N–H and O–H groups in total. The molecule has 0 bridgehead atoms.